The van der Waals surface area contributed by atoms with Crippen molar-refractivity contribution in [2.45, 2.75) is 46.6 Å². The van der Waals surface area contributed by atoms with Crippen LogP contribution in [0.25, 0.3) is 22.1 Å². The molecule has 0 bridgehead atoms. The van der Waals surface area contributed by atoms with Gasteiger partial charge in [-0.05, 0) is 56.4 Å². The molecule has 158 valence electrons. The van der Waals surface area contributed by atoms with Gasteiger partial charge in [-0.2, -0.15) is 0 Å². The van der Waals surface area contributed by atoms with Gasteiger partial charge in [-0.1, -0.05) is 31.7 Å². The second-order valence-corrected chi connectivity index (χ2v) is 7.60. The third-order valence-electron chi connectivity index (χ3n) is 5.48. The Labute approximate surface area is 177 Å². The van der Waals surface area contributed by atoms with Gasteiger partial charge in [0.2, 0.25) is 0 Å². The maximum Gasteiger partial charge on any atom is 0.336 e. The molecule has 1 saturated heterocycles. The molecule has 0 saturated carbocycles. The zero-order valence-corrected chi connectivity index (χ0v) is 16.8. The van der Waals surface area contributed by atoms with Crippen LogP contribution in [0.4, 0.5) is 0 Å². The number of aryl methyl sites for hydroxylation is 1. The molecule has 0 aliphatic carbocycles. The van der Waals surface area contributed by atoms with E-state index in [2.05, 4.69) is 0 Å². The molecular formula is C25H29NO4. The number of benzene rings is 2. The van der Waals surface area contributed by atoms with Crippen molar-refractivity contribution in [2.75, 3.05) is 13.1 Å². The predicted octanol–water partition coefficient (Wildman–Crippen LogP) is 5.18. The summed E-state index contributed by atoms with van der Waals surface area (Å²) in [7, 11) is 0. The SMILES string of the molecule is C.Cc1ccccc1-c1cc(=O)oc2cc(O[C@H](C)C(=O)N3CCCCC3)ccc12. The van der Waals surface area contributed by atoms with Crippen molar-refractivity contribution in [3.63, 3.8) is 0 Å². The van der Waals surface area contributed by atoms with E-state index in [0.29, 0.717) is 11.3 Å². The summed E-state index contributed by atoms with van der Waals surface area (Å²) in [6.07, 6.45) is 2.67. The molecule has 0 N–H and O–H groups in total. The summed E-state index contributed by atoms with van der Waals surface area (Å²) in [6, 6.07) is 14.9. The number of ether oxygens (including phenoxy) is 1. The molecule has 0 radical (unpaired) electrons. The molecule has 0 spiro atoms. The van der Waals surface area contributed by atoms with Crippen LogP contribution in [0.2, 0.25) is 0 Å². The Morgan fingerprint density at radius 2 is 1.77 bits per heavy atom. The molecule has 1 fully saturated rings. The van der Waals surface area contributed by atoms with E-state index in [0.717, 1.165) is 48.0 Å². The standard InChI is InChI=1S/C24H25NO4.CH4/c1-16-8-4-5-9-19(16)21-15-23(26)29-22-14-18(10-11-20(21)22)28-17(2)24(27)25-12-6-3-7-13-25;/h4-5,8-11,14-15,17H,3,6-7,12-13H2,1-2H3;1H4/t17-;/m1./s1. The van der Waals surface area contributed by atoms with Gasteiger partial charge in [-0.3, -0.25) is 4.79 Å². The van der Waals surface area contributed by atoms with Gasteiger partial charge in [0, 0.05) is 36.2 Å². The fourth-order valence-corrected chi connectivity index (χ4v) is 3.94. The highest BCUT2D eigenvalue weighted by Gasteiger charge is 2.23. The second-order valence-electron chi connectivity index (χ2n) is 7.60. The van der Waals surface area contributed by atoms with Crippen molar-refractivity contribution in [1.29, 1.82) is 0 Å². The summed E-state index contributed by atoms with van der Waals surface area (Å²) < 4.78 is 11.3. The third kappa shape index (κ3) is 4.40. The Bertz CT molecular complexity index is 1100. The largest absolute Gasteiger partial charge is 0.481 e. The minimum atomic E-state index is -0.586. The molecule has 2 aromatic carbocycles. The minimum Gasteiger partial charge on any atom is -0.481 e. The monoisotopic (exact) mass is 407 g/mol. The molecule has 0 unspecified atom stereocenters. The van der Waals surface area contributed by atoms with E-state index in [4.69, 9.17) is 9.15 Å². The maximum absolute atomic E-state index is 12.6. The van der Waals surface area contributed by atoms with Gasteiger partial charge in [0.25, 0.3) is 5.91 Å². The fourth-order valence-electron chi connectivity index (χ4n) is 3.94. The molecule has 4 rings (SSSR count). The summed E-state index contributed by atoms with van der Waals surface area (Å²) in [5, 5.41) is 0.835. The maximum atomic E-state index is 12.6. The van der Waals surface area contributed by atoms with Crippen molar-refractivity contribution in [2.24, 2.45) is 0 Å². The first-order valence-electron chi connectivity index (χ1n) is 10.1. The zero-order valence-electron chi connectivity index (χ0n) is 16.8. The van der Waals surface area contributed by atoms with E-state index in [9.17, 15) is 9.59 Å². The molecule has 1 amide bonds. The van der Waals surface area contributed by atoms with Crippen LogP contribution in [0.15, 0.2) is 57.7 Å². The van der Waals surface area contributed by atoms with E-state index in [1.54, 1.807) is 13.0 Å². The second kappa shape index (κ2) is 9.16. The quantitative estimate of drug-likeness (QED) is 0.559. The van der Waals surface area contributed by atoms with E-state index >= 15 is 0 Å². The lowest BCUT2D eigenvalue weighted by molar-refractivity contribution is -0.138. The number of nitrogens with zero attached hydrogens (tertiary/aromatic N) is 1. The van der Waals surface area contributed by atoms with Gasteiger partial charge in [-0.15, -0.1) is 0 Å². The van der Waals surface area contributed by atoms with E-state index < -0.39 is 11.7 Å². The van der Waals surface area contributed by atoms with Crippen LogP contribution in [0.3, 0.4) is 0 Å². The normalized spacial score (nSPS) is 14.8. The van der Waals surface area contributed by atoms with Crippen LogP contribution in [0.5, 0.6) is 5.75 Å². The average Bonchev–Trinajstić information content (AvgIpc) is 2.73. The van der Waals surface area contributed by atoms with E-state index in [-0.39, 0.29) is 13.3 Å². The molecule has 2 heterocycles. The Kier molecular flexibility index (Phi) is 6.60. The number of amides is 1. The number of rotatable bonds is 4. The number of carbonyl (C=O) groups excluding carboxylic acids is 1. The van der Waals surface area contributed by atoms with Crippen molar-refractivity contribution in [3.8, 4) is 16.9 Å². The molecule has 1 atom stereocenters. The lowest BCUT2D eigenvalue weighted by Crippen LogP contribution is -2.43. The first-order valence-corrected chi connectivity index (χ1v) is 10.1. The molecule has 5 heteroatoms. The van der Waals surface area contributed by atoms with Gasteiger partial charge in [-0.25, -0.2) is 4.79 Å². The summed E-state index contributed by atoms with van der Waals surface area (Å²) in [5.41, 5.74) is 2.95. The third-order valence-corrected chi connectivity index (χ3v) is 5.48. The molecule has 5 nitrogen and oxygen atoms in total. The lowest BCUT2D eigenvalue weighted by Gasteiger charge is -2.29. The fraction of sp³-hybridized carbons (Fsp3) is 0.360. The predicted molar refractivity (Wildman–Crippen MR) is 120 cm³/mol. The number of likely N-dealkylation sites (tertiary alicyclic amines) is 1. The minimum absolute atomic E-state index is 0. The topological polar surface area (TPSA) is 59.8 Å². The number of carbonyl (C=O) groups is 1. The highest BCUT2D eigenvalue weighted by molar-refractivity contribution is 5.94. The Hall–Kier alpha value is -3.08. The van der Waals surface area contributed by atoms with Gasteiger partial charge in [0.15, 0.2) is 6.10 Å². The number of hydrogen-bond acceptors (Lipinski definition) is 4. The molecule has 1 aromatic heterocycles. The average molecular weight is 408 g/mol. The van der Waals surface area contributed by atoms with Crippen LogP contribution in [0.1, 0.15) is 39.2 Å². The first-order chi connectivity index (χ1) is 14.0. The summed E-state index contributed by atoms with van der Waals surface area (Å²) >= 11 is 0. The molecule has 30 heavy (non-hydrogen) atoms. The van der Waals surface area contributed by atoms with Crippen molar-refractivity contribution >= 4 is 16.9 Å². The van der Waals surface area contributed by atoms with Gasteiger partial charge in [0.1, 0.15) is 11.3 Å². The zero-order chi connectivity index (χ0) is 20.4. The van der Waals surface area contributed by atoms with Crippen molar-refractivity contribution in [3.05, 3.63) is 64.5 Å². The van der Waals surface area contributed by atoms with Gasteiger partial charge < -0.3 is 14.1 Å². The first kappa shape index (κ1) is 21.6. The highest BCUT2D eigenvalue weighted by Crippen LogP contribution is 2.31. The van der Waals surface area contributed by atoms with Crippen molar-refractivity contribution < 1.29 is 13.9 Å². The summed E-state index contributed by atoms with van der Waals surface area (Å²) in [4.78, 5) is 26.7. The van der Waals surface area contributed by atoms with Crippen molar-refractivity contribution in [1.82, 2.24) is 4.90 Å². The molecule has 1 aliphatic heterocycles. The van der Waals surface area contributed by atoms with Crippen LogP contribution in [-0.4, -0.2) is 30.0 Å². The van der Waals surface area contributed by atoms with Crippen LogP contribution in [0, 0.1) is 6.92 Å². The molecule has 3 aromatic rings. The summed E-state index contributed by atoms with van der Waals surface area (Å²) in [6.45, 7) is 5.36. The van der Waals surface area contributed by atoms with Gasteiger partial charge in [0.05, 0.1) is 0 Å². The van der Waals surface area contributed by atoms with E-state index in [1.165, 1.54) is 12.5 Å². The number of fused-ring (bicyclic) bond motifs is 1. The van der Waals surface area contributed by atoms with Crippen LogP contribution >= 0.6 is 0 Å². The smallest absolute Gasteiger partial charge is 0.336 e. The van der Waals surface area contributed by atoms with Crippen LogP contribution in [-0.2, 0) is 4.79 Å². The number of hydrogen-bond donors (Lipinski definition) is 0. The lowest BCUT2D eigenvalue weighted by atomic mass is 9.98. The van der Waals surface area contributed by atoms with Crippen LogP contribution < -0.4 is 10.4 Å². The number of piperidine rings is 1. The Balaban J connectivity index is 0.00000256. The molecule has 1 aliphatic rings. The Morgan fingerprint density at radius 1 is 1.03 bits per heavy atom. The Morgan fingerprint density at radius 3 is 2.50 bits per heavy atom. The summed E-state index contributed by atoms with van der Waals surface area (Å²) in [5.74, 6) is 0.514. The van der Waals surface area contributed by atoms with Gasteiger partial charge >= 0.3 is 5.63 Å². The molecular weight excluding hydrogens is 378 g/mol. The van der Waals surface area contributed by atoms with E-state index in [1.807, 2.05) is 48.2 Å². The highest BCUT2D eigenvalue weighted by atomic mass is 16.5.